The number of benzene rings is 1. The van der Waals surface area contributed by atoms with Crippen LogP contribution in [0.3, 0.4) is 0 Å². The first kappa shape index (κ1) is 24.2. The number of carbonyl (C=O) groups excluding carboxylic acids is 1. The molecule has 1 aromatic heterocycles. The third-order valence-corrected chi connectivity index (χ3v) is 6.75. The third kappa shape index (κ3) is 5.41. The lowest BCUT2D eigenvalue weighted by Crippen LogP contribution is -2.55. The Hall–Kier alpha value is -2.92. The molecule has 2 aliphatic rings. The summed E-state index contributed by atoms with van der Waals surface area (Å²) in [4.78, 5) is 22.3. The zero-order chi connectivity index (χ0) is 24.5. The number of aromatic nitrogens is 1. The maximum Gasteiger partial charge on any atom is 0.229 e. The van der Waals surface area contributed by atoms with Crippen molar-refractivity contribution in [3.05, 3.63) is 24.3 Å². The van der Waals surface area contributed by atoms with Crippen molar-refractivity contribution in [2.24, 2.45) is 10.1 Å². The highest BCUT2D eigenvalue weighted by Crippen LogP contribution is 2.31. The van der Waals surface area contributed by atoms with E-state index in [1.54, 1.807) is 12.1 Å². The lowest BCUT2D eigenvalue weighted by atomic mass is 9.97. The Bertz CT molecular complexity index is 1200. The molecule has 2 atom stereocenters. The van der Waals surface area contributed by atoms with Gasteiger partial charge in [-0.25, -0.2) is 8.42 Å². The fourth-order valence-electron chi connectivity index (χ4n) is 4.62. The second kappa shape index (κ2) is 9.75. The fourth-order valence-corrected chi connectivity index (χ4v) is 5.18. The largest absolute Gasteiger partial charge is 0.348 e. The van der Waals surface area contributed by atoms with Crippen LogP contribution in [0.5, 0.6) is 0 Å². The van der Waals surface area contributed by atoms with E-state index in [0.29, 0.717) is 18.7 Å². The molecule has 0 radical (unpaired) electrons. The fraction of sp³-hybridized carbons (Fsp3) is 0.522. The standard InChI is InChI=1S/C23H33N7O3S/c1-16(2)25-22-6-5-10-24-30(22)28(3)19-9-11-29(20(14-19)15-31)23-13-17-12-18(27-34(4,32)33)7-8-21(17)26-23/h7-8,10,12-13,15-16,19-20,26-27H,5-6,9,11,14H2,1-4H3. The van der Waals surface area contributed by atoms with Crippen LogP contribution in [0, 0.1) is 0 Å². The number of rotatable bonds is 7. The number of piperidine rings is 1. The summed E-state index contributed by atoms with van der Waals surface area (Å²) in [6, 6.07) is 7.36. The molecule has 1 aromatic carbocycles. The van der Waals surface area contributed by atoms with Crippen LogP contribution < -0.4 is 9.62 Å². The smallest absolute Gasteiger partial charge is 0.229 e. The lowest BCUT2D eigenvalue weighted by molar-refractivity contribution is -0.110. The number of anilines is 2. The van der Waals surface area contributed by atoms with Crippen LogP contribution in [-0.4, -0.2) is 79.8 Å². The quantitative estimate of drug-likeness (QED) is 0.581. The van der Waals surface area contributed by atoms with Gasteiger partial charge < -0.3 is 14.7 Å². The summed E-state index contributed by atoms with van der Waals surface area (Å²) in [5.74, 6) is 1.81. The zero-order valence-corrected chi connectivity index (χ0v) is 20.9. The van der Waals surface area contributed by atoms with Gasteiger partial charge in [0.05, 0.1) is 12.3 Å². The molecular weight excluding hydrogens is 454 g/mol. The van der Waals surface area contributed by atoms with Crippen LogP contribution in [0.15, 0.2) is 34.4 Å². The van der Waals surface area contributed by atoms with Gasteiger partial charge in [-0.1, -0.05) is 0 Å². The van der Waals surface area contributed by atoms with Crippen LogP contribution in [0.25, 0.3) is 10.9 Å². The van der Waals surface area contributed by atoms with Crippen LogP contribution in [0.4, 0.5) is 11.5 Å². The lowest BCUT2D eigenvalue weighted by Gasteiger charge is -2.44. The van der Waals surface area contributed by atoms with Gasteiger partial charge in [0.15, 0.2) is 0 Å². The molecule has 0 amide bonds. The van der Waals surface area contributed by atoms with Gasteiger partial charge in [-0.2, -0.15) is 15.2 Å². The van der Waals surface area contributed by atoms with Crippen molar-refractivity contribution in [3.63, 3.8) is 0 Å². The number of hydrazine groups is 1. The number of H-pyrrole nitrogens is 1. The van der Waals surface area contributed by atoms with E-state index < -0.39 is 10.0 Å². The first-order valence-corrected chi connectivity index (χ1v) is 13.5. The number of sulfonamides is 1. The van der Waals surface area contributed by atoms with E-state index in [1.165, 1.54) is 0 Å². The number of nitrogens with one attached hydrogen (secondary N) is 2. The first-order valence-electron chi connectivity index (χ1n) is 11.6. The normalized spacial score (nSPS) is 22.8. The molecule has 11 heteroatoms. The van der Waals surface area contributed by atoms with Gasteiger partial charge in [0.1, 0.15) is 17.9 Å². The summed E-state index contributed by atoms with van der Waals surface area (Å²) in [7, 11) is -1.34. The Labute approximate surface area is 200 Å². The van der Waals surface area contributed by atoms with E-state index in [2.05, 4.69) is 38.6 Å². The summed E-state index contributed by atoms with van der Waals surface area (Å²) in [5.41, 5.74) is 1.39. The van der Waals surface area contributed by atoms with Gasteiger partial charge >= 0.3 is 0 Å². The number of hydrogen-bond acceptors (Lipinski definition) is 7. The molecule has 2 aliphatic heterocycles. The van der Waals surface area contributed by atoms with Crippen LogP contribution in [0.1, 0.15) is 39.5 Å². The van der Waals surface area contributed by atoms with Gasteiger partial charge in [-0.3, -0.25) is 9.71 Å². The number of aliphatic imine (C=N–C) groups is 1. The molecule has 4 rings (SSSR count). The van der Waals surface area contributed by atoms with Crippen molar-refractivity contribution in [3.8, 4) is 0 Å². The second-order valence-electron chi connectivity index (χ2n) is 9.24. The molecule has 0 bridgehead atoms. The van der Waals surface area contributed by atoms with Crippen LogP contribution >= 0.6 is 0 Å². The average Bonchev–Trinajstić information content (AvgIpc) is 3.20. The number of fused-ring (bicyclic) bond motifs is 1. The summed E-state index contributed by atoms with van der Waals surface area (Å²) >= 11 is 0. The van der Waals surface area contributed by atoms with Crippen molar-refractivity contribution in [2.45, 2.75) is 57.7 Å². The molecule has 34 heavy (non-hydrogen) atoms. The second-order valence-corrected chi connectivity index (χ2v) is 11.0. The van der Waals surface area contributed by atoms with Crippen molar-refractivity contribution in [2.75, 3.05) is 29.5 Å². The molecule has 1 fully saturated rings. The van der Waals surface area contributed by atoms with Crippen molar-refractivity contribution >= 4 is 50.8 Å². The third-order valence-electron chi connectivity index (χ3n) is 6.15. The minimum atomic E-state index is -3.35. The molecule has 2 unspecified atom stereocenters. The summed E-state index contributed by atoms with van der Waals surface area (Å²) < 4.78 is 25.6. The molecule has 184 valence electrons. The van der Waals surface area contributed by atoms with E-state index in [-0.39, 0.29) is 18.1 Å². The van der Waals surface area contributed by atoms with E-state index in [1.807, 2.05) is 30.5 Å². The number of amidine groups is 1. The first-order chi connectivity index (χ1) is 16.1. The van der Waals surface area contributed by atoms with Gasteiger partial charge in [-0.15, -0.1) is 0 Å². The SMILES string of the molecule is CC(C)N=C1CCC=NN1N(C)C1CCN(c2cc3cc(NS(C)(=O)=O)ccc3[nH]2)C(C=O)C1. The van der Waals surface area contributed by atoms with Gasteiger partial charge in [-0.05, 0) is 57.4 Å². The zero-order valence-electron chi connectivity index (χ0n) is 20.1. The highest BCUT2D eigenvalue weighted by molar-refractivity contribution is 7.92. The molecular formula is C23H33N7O3S. The molecule has 2 aromatic rings. The minimum Gasteiger partial charge on any atom is -0.348 e. The molecule has 0 saturated carbocycles. The van der Waals surface area contributed by atoms with Gasteiger partial charge in [0.2, 0.25) is 10.0 Å². The number of aldehydes is 1. The number of nitrogens with zero attached hydrogens (tertiary/aromatic N) is 5. The van der Waals surface area contributed by atoms with Gasteiger partial charge in [0, 0.05) is 54.9 Å². The number of aromatic amines is 1. The van der Waals surface area contributed by atoms with E-state index in [4.69, 9.17) is 4.99 Å². The topological polar surface area (TPSA) is 113 Å². The van der Waals surface area contributed by atoms with Crippen LogP contribution in [0.2, 0.25) is 0 Å². The highest BCUT2D eigenvalue weighted by atomic mass is 32.2. The molecule has 10 nitrogen and oxygen atoms in total. The van der Waals surface area contributed by atoms with Crippen LogP contribution in [-0.2, 0) is 14.8 Å². The van der Waals surface area contributed by atoms with Gasteiger partial charge in [0.25, 0.3) is 0 Å². The predicted molar refractivity (Wildman–Crippen MR) is 137 cm³/mol. The Balaban J connectivity index is 1.51. The van der Waals surface area contributed by atoms with E-state index in [9.17, 15) is 13.2 Å². The molecule has 3 heterocycles. The summed E-state index contributed by atoms with van der Waals surface area (Å²) in [6.07, 6.45) is 7.31. The van der Waals surface area contributed by atoms with Crippen molar-refractivity contribution in [1.29, 1.82) is 0 Å². The maximum absolute atomic E-state index is 12.1. The molecule has 0 spiro atoms. The van der Waals surface area contributed by atoms with E-state index >= 15 is 0 Å². The predicted octanol–water partition coefficient (Wildman–Crippen LogP) is 2.81. The molecule has 0 aliphatic carbocycles. The Morgan fingerprint density at radius 3 is 2.82 bits per heavy atom. The van der Waals surface area contributed by atoms with Crippen molar-refractivity contribution in [1.82, 2.24) is 15.1 Å². The number of carbonyl (C=O) groups is 1. The number of hydrogen-bond donors (Lipinski definition) is 2. The maximum atomic E-state index is 12.1. The van der Waals surface area contributed by atoms with Crippen molar-refractivity contribution < 1.29 is 13.2 Å². The molecule has 2 N–H and O–H groups in total. The Morgan fingerprint density at radius 1 is 1.32 bits per heavy atom. The van der Waals surface area contributed by atoms with E-state index in [0.717, 1.165) is 54.4 Å². The summed E-state index contributed by atoms with van der Waals surface area (Å²) in [6.45, 7) is 4.82. The number of hydrazone groups is 1. The molecule has 1 saturated heterocycles. The summed E-state index contributed by atoms with van der Waals surface area (Å²) in [5, 5.41) is 9.46. The Kier molecular flexibility index (Phi) is 6.94. The Morgan fingerprint density at radius 2 is 2.12 bits per heavy atom. The highest BCUT2D eigenvalue weighted by Gasteiger charge is 2.34. The minimum absolute atomic E-state index is 0.147. The monoisotopic (exact) mass is 487 g/mol. The average molecular weight is 488 g/mol.